The fourth-order valence-corrected chi connectivity index (χ4v) is 0.802. The Morgan fingerprint density at radius 3 is 2.60 bits per heavy atom. The van der Waals surface area contributed by atoms with Gasteiger partial charge in [-0.3, -0.25) is 10.2 Å². The molecule has 0 saturated heterocycles. The predicted octanol–water partition coefficient (Wildman–Crippen LogP) is 0.378. The van der Waals surface area contributed by atoms with Crippen LogP contribution in [0.2, 0.25) is 0 Å². The highest BCUT2D eigenvalue weighted by Crippen LogP contribution is 2.06. The molecule has 0 amide bonds. The molecule has 0 aromatic rings. The van der Waals surface area contributed by atoms with Crippen molar-refractivity contribution >= 4 is 11.5 Å². The lowest BCUT2D eigenvalue weighted by molar-refractivity contribution is -0.109. The summed E-state index contributed by atoms with van der Waals surface area (Å²) in [5, 5.41) is 7.11. The fraction of sp³-hybridized carbons (Fsp3) is 0.143. The van der Waals surface area contributed by atoms with Crippen molar-refractivity contribution in [2.45, 2.75) is 6.92 Å². The summed E-state index contributed by atoms with van der Waals surface area (Å²) in [4.78, 5) is 10.9. The average molecular weight is 136 g/mol. The van der Waals surface area contributed by atoms with Gasteiger partial charge in [0, 0.05) is 11.3 Å². The number of nitrogens with two attached hydrogens (primary N) is 1. The number of allylic oxidation sites excluding steroid dienone is 3. The van der Waals surface area contributed by atoms with Crippen LogP contribution in [0.3, 0.4) is 0 Å². The highest BCUT2D eigenvalue weighted by atomic mass is 16.1. The summed E-state index contributed by atoms with van der Waals surface area (Å²) in [6.07, 6.45) is 2.93. The molecule has 3 nitrogen and oxygen atoms in total. The molecule has 0 bridgehead atoms. The topological polar surface area (TPSA) is 66.9 Å². The summed E-state index contributed by atoms with van der Waals surface area (Å²) in [7, 11) is 0. The van der Waals surface area contributed by atoms with Crippen LogP contribution in [0.15, 0.2) is 23.4 Å². The van der Waals surface area contributed by atoms with Gasteiger partial charge in [-0.25, -0.2) is 0 Å². The Balaban J connectivity index is 3.07. The maximum atomic E-state index is 10.9. The number of rotatable bonds is 0. The zero-order valence-electron chi connectivity index (χ0n) is 5.64. The monoisotopic (exact) mass is 136 g/mol. The molecule has 0 aromatic carbocycles. The molecular weight excluding hydrogens is 128 g/mol. The lowest BCUT2D eigenvalue weighted by Crippen LogP contribution is -2.18. The van der Waals surface area contributed by atoms with E-state index in [1.165, 1.54) is 6.08 Å². The molecule has 0 fully saturated rings. The van der Waals surface area contributed by atoms with Crippen LogP contribution in [0.1, 0.15) is 6.92 Å². The van der Waals surface area contributed by atoms with E-state index in [1.54, 1.807) is 13.0 Å². The van der Waals surface area contributed by atoms with Crippen molar-refractivity contribution in [1.29, 1.82) is 5.41 Å². The molecular formula is C7H8N2O. The van der Waals surface area contributed by atoms with E-state index in [-0.39, 0.29) is 11.5 Å². The van der Waals surface area contributed by atoms with Gasteiger partial charge in [-0.05, 0) is 19.1 Å². The third-order valence-electron chi connectivity index (χ3n) is 1.30. The summed E-state index contributed by atoms with van der Waals surface area (Å²) >= 11 is 0. The SMILES string of the molecule is CC1=CC(N)=CC(=N)C1=O. The van der Waals surface area contributed by atoms with E-state index >= 15 is 0 Å². The summed E-state index contributed by atoms with van der Waals surface area (Å²) < 4.78 is 0. The first-order valence-corrected chi connectivity index (χ1v) is 2.90. The van der Waals surface area contributed by atoms with Crippen molar-refractivity contribution in [2.75, 3.05) is 0 Å². The number of carbonyl (C=O) groups is 1. The third kappa shape index (κ3) is 0.978. The predicted molar refractivity (Wildman–Crippen MR) is 38.8 cm³/mol. The number of carbonyl (C=O) groups excluding carboxylic acids is 1. The Morgan fingerprint density at radius 2 is 2.10 bits per heavy atom. The van der Waals surface area contributed by atoms with Gasteiger partial charge in [0.05, 0.1) is 0 Å². The van der Waals surface area contributed by atoms with Gasteiger partial charge in [0.2, 0.25) is 5.78 Å². The van der Waals surface area contributed by atoms with Crippen LogP contribution in [0.25, 0.3) is 0 Å². The lowest BCUT2D eigenvalue weighted by Gasteiger charge is -2.05. The lowest BCUT2D eigenvalue weighted by atomic mass is 10.0. The molecule has 0 saturated carbocycles. The number of nitrogens with one attached hydrogen (secondary N) is 1. The Labute approximate surface area is 58.7 Å². The second kappa shape index (κ2) is 2.10. The maximum absolute atomic E-state index is 10.9. The molecule has 0 aliphatic heterocycles. The molecule has 0 spiro atoms. The minimum atomic E-state index is -0.241. The molecule has 0 radical (unpaired) electrons. The van der Waals surface area contributed by atoms with E-state index in [0.29, 0.717) is 11.3 Å². The van der Waals surface area contributed by atoms with Crippen molar-refractivity contribution in [2.24, 2.45) is 5.73 Å². The molecule has 0 heterocycles. The Hall–Kier alpha value is -1.38. The Kier molecular flexibility index (Phi) is 1.41. The van der Waals surface area contributed by atoms with Gasteiger partial charge < -0.3 is 5.73 Å². The van der Waals surface area contributed by atoms with Gasteiger partial charge in [-0.1, -0.05) is 0 Å². The van der Waals surface area contributed by atoms with Crippen LogP contribution in [0.5, 0.6) is 0 Å². The molecule has 10 heavy (non-hydrogen) atoms. The van der Waals surface area contributed by atoms with E-state index in [0.717, 1.165) is 0 Å². The number of hydrogen-bond acceptors (Lipinski definition) is 3. The van der Waals surface area contributed by atoms with Crippen molar-refractivity contribution in [3.63, 3.8) is 0 Å². The quantitative estimate of drug-likeness (QED) is 0.473. The standard InChI is InChI=1S/C7H8N2O/c1-4-2-5(8)3-6(9)7(4)10/h2-3,9H,8H2,1H3. The van der Waals surface area contributed by atoms with Crippen LogP contribution in [0, 0.1) is 5.41 Å². The summed E-state index contributed by atoms with van der Waals surface area (Å²) in [6, 6.07) is 0. The zero-order valence-corrected chi connectivity index (χ0v) is 5.64. The van der Waals surface area contributed by atoms with Gasteiger partial charge in [0.1, 0.15) is 5.71 Å². The number of Topliss-reactive ketones (excluding diaryl/α,β-unsaturated/α-hetero) is 1. The summed E-state index contributed by atoms with van der Waals surface area (Å²) in [6.45, 7) is 1.65. The van der Waals surface area contributed by atoms with E-state index in [2.05, 4.69) is 0 Å². The second-order valence-electron chi connectivity index (χ2n) is 2.21. The molecule has 3 heteroatoms. The molecule has 0 aromatic heterocycles. The Bertz CT molecular complexity index is 258. The van der Waals surface area contributed by atoms with Gasteiger partial charge in [0.25, 0.3) is 0 Å². The van der Waals surface area contributed by atoms with Gasteiger partial charge in [-0.2, -0.15) is 0 Å². The van der Waals surface area contributed by atoms with Crippen LogP contribution < -0.4 is 5.73 Å². The first kappa shape index (κ1) is 6.74. The van der Waals surface area contributed by atoms with Crippen LogP contribution in [0.4, 0.5) is 0 Å². The highest BCUT2D eigenvalue weighted by molar-refractivity contribution is 6.49. The third-order valence-corrected chi connectivity index (χ3v) is 1.30. The average Bonchev–Trinajstić information content (AvgIpc) is 1.82. The van der Waals surface area contributed by atoms with Crippen molar-refractivity contribution in [3.8, 4) is 0 Å². The van der Waals surface area contributed by atoms with E-state index < -0.39 is 0 Å². The van der Waals surface area contributed by atoms with Gasteiger partial charge in [0.15, 0.2) is 0 Å². The highest BCUT2D eigenvalue weighted by Gasteiger charge is 2.13. The number of ketones is 1. The first-order chi connectivity index (χ1) is 4.61. The van der Waals surface area contributed by atoms with E-state index in [9.17, 15) is 4.79 Å². The minimum absolute atomic E-state index is 0.0301. The zero-order chi connectivity index (χ0) is 7.72. The first-order valence-electron chi connectivity index (χ1n) is 2.90. The smallest absolute Gasteiger partial charge is 0.206 e. The van der Waals surface area contributed by atoms with Gasteiger partial charge in [-0.15, -0.1) is 0 Å². The molecule has 0 atom stereocenters. The maximum Gasteiger partial charge on any atom is 0.206 e. The van der Waals surface area contributed by atoms with Crippen molar-refractivity contribution in [1.82, 2.24) is 0 Å². The minimum Gasteiger partial charge on any atom is -0.399 e. The van der Waals surface area contributed by atoms with Crippen LogP contribution >= 0.6 is 0 Å². The largest absolute Gasteiger partial charge is 0.399 e. The molecule has 1 aliphatic carbocycles. The fourth-order valence-electron chi connectivity index (χ4n) is 0.802. The van der Waals surface area contributed by atoms with Gasteiger partial charge >= 0.3 is 0 Å². The number of hydrogen-bond donors (Lipinski definition) is 2. The normalized spacial score (nSPS) is 18.5. The van der Waals surface area contributed by atoms with Crippen molar-refractivity contribution in [3.05, 3.63) is 23.4 Å². The molecule has 0 unspecified atom stereocenters. The molecule has 1 aliphatic rings. The molecule has 52 valence electrons. The second-order valence-corrected chi connectivity index (χ2v) is 2.21. The Morgan fingerprint density at radius 1 is 1.50 bits per heavy atom. The van der Waals surface area contributed by atoms with Crippen molar-refractivity contribution < 1.29 is 4.79 Å². The molecule has 1 rings (SSSR count). The molecule has 3 N–H and O–H groups in total. The van der Waals surface area contributed by atoms with E-state index in [1.807, 2.05) is 0 Å². The summed E-state index contributed by atoms with van der Waals surface area (Å²) in [5.41, 5.74) is 6.35. The van der Waals surface area contributed by atoms with Crippen LogP contribution in [-0.2, 0) is 4.79 Å². The van der Waals surface area contributed by atoms with Crippen LogP contribution in [-0.4, -0.2) is 11.5 Å². The van der Waals surface area contributed by atoms with E-state index in [4.69, 9.17) is 11.1 Å². The summed E-state index contributed by atoms with van der Waals surface area (Å²) in [5.74, 6) is -0.241.